The fourth-order valence-corrected chi connectivity index (χ4v) is 4.52. The van der Waals surface area contributed by atoms with Gasteiger partial charge in [-0.2, -0.15) is 0 Å². The van der Waals surface area contributed by atoms with E-state index in [-0.39, 0.29) is 0 Å². The predicted octanol–water partition coefficient (Wildman–Crippen LogP) is 1.81. The van der Waals surface area contributed by atoms with Crippen LogP contribution in [0.25, 0.3) is 10.9 Å². The second-order valence-electron chi connectivity index (χ2n) is 5.76. The average Bonchev–Trinajstić information content (AvgIpc) is 3.08. The van der Waals surface area contributed by atoms with Gasteiger partial charge in [0.1, 0.15) is 0 Å². The van der Waals surface area contributed by atoms with Gasteiger partial charge in [0, 0.05) is 44.0 Å². The van der Waals surface area contributed by atoms with E-state index in [1.165, 1.54) is 0 Å². The monoisotopic (exact) mass is 342 g/mol. The summed E-state index contributed by atoms with van der Waals surface area (Å²) in [6, 6.07) is 10.3. The minimum absolute atomic E-state index is 0.294. The van der Waals surface area contributed by atoms with Crippen LogP contribution in [0.15, 0.2) is 58.6 Å². The number of anilines is 1. The molecule has 0 bridgehead atoms. The van der Waals surface area contributed by atoms with E-state index in [1.54, 1.807) is 48.8 Å². The van der Waals surface area contributed by atoms with Crippen molar-refractivity contribution >= 4 is 26.6 Å². The lowest BCUT2D eigenvalue weighted by Gasteiger charge is -2.28. The number of sulfone groups is 1. The number of H-pyrrole nitrogens is 1. The van der Waals surface area contributed by atoms with Crippen LogP contribution in [0, 0.1) is 0 Å². The van der Waals surface area contributed by atoms with E-state index < -0.39 is 9.84 Å². The van der Waals surface area contributed by atoms with E-state index in [2.05, 4.69) is 20.2 Å². The summed E-state index contributed by atoms with van der Waals surface area (Å²) in [5, 5.41) is 3.99. The van der Waals surface area contributed by atoms with E-state index in [0.717, 1.165) is 37.5 Å². The fraction of sp³-hybridized carbons (Fsp3) is 0.235. The molecular weight excluding hydrogens is 324 g/mol. The summed E-state index contributed by atoms with van der Waals surface area (Å²) in [7, 11) is -3.56. The summed E-state index contributed by atoms with van der Waals surface area (Å²) < 4.78 is 25.9. The number of aromatic amines is 1. The molecule has 1 aliphatic heterocycles. The Labute approximate surface area is 140 Å². The van der Waals surface area contributed by atoms with Crippen molar-refractivity contribution in [3.8, 4) is 0 Å². The molecule has 0 unspecified atom stereocenters. The van der Waals surface area contributed by atoms with Crippen LogP contribution in [-0.4, -0.2) is 44.6 Å². The largest absolute Gasteiger partial charge is 0.357 e. The number of hydrogen-bond acceptors (Lipinski definition) is 5. The van der Waals surface area contributed by atoms with E-state index in [0.29, 0.717) is 15.2 Å². The van der Waals surface area contributed by atoms with Crippen LogP contribution in [-0.2, 0) is 9.84 Å². The van der Waals surface area contributed by atoms with Crippen molar-refractivity contribution < 1.29 is 8.42 Å². The first kappa shape index (κ1) is 15.2. The zero-order valence-electron chi connectivity index (χ0n) is 13.1. The minimum atomic E-state index is -3.56. The first-order valence-corrected chi connectivity index (χ1v) is 9.38. The molecule has 0 spiro atoms. The van der Waals surface area contributed by atoms with Gasteiger partial charge >= 0.3 is 0 Å². The smallest absolute Gasteiger partial charge is 0.208 e. The number of benzene rings is 1. The van der Waals surface area contributed by atoms with Gasteiger partial charge in [0.05, 0.1) is 15.3 Å². The molecule has 124 valence electrons. The number of nitrogens with one attached hydrogen (secondary N) is 2. The molecule has 3 heterocycles. The highest BCUT2D eigenvalue weighted by molar-refractivity contribution is 7.91. The molecule has 0 saturated carbocycles. The molecule has 6 nitrogen and oxygen atoms in total. The molecule has 4 rings (SSSR count). The van der Waals surface area contributed by atoms with Crippen LogP contribution >= 0.6 is 0 Å². The molecule has 3 aromatic rings. The van der Waals surface area contributed by atoms with E-state index in [1.807, 2.05) is 0 Å². The molecule has 1 saturated heterocycles. The van der Waals surface area contributed by atoms with Crippen molar-refractivity contribution in [1.82, 2.24) is 15.3 Å². The summed E-state index contributed by atoms with van der Waals surface area (Å²) in [5.41, 5.74) is 0.772. The molecule has 1 aromatic carbocycles. The van der Waals surface area contributed by atoms with Gasteiger partial charge < -0.3 is 15.2 Å². The highest BCUT2D eigenvalue weighted by Gasteiger charge is 2.24. The van der Waals surface area contributed by atoms with Gasteiger partial charge in [0.15, 0.2) is 5.82 Å². The molecule has 0 atom stereocenters. The van der Waals surface area contributed by atoms with Crippen LogP contribution in [0.2, 0.25) is 0 Å². The Morgan fingerprint density at radius 2 is 1.79 bits per heavy atom. The highest BCUT2D eigenvalue weighted by Crippen LogP contribution is 2.32. The number of pyridine rings is 1. The Hall–Kier alpha value is -2.38. The lowest BCUT2D eigenvalue weighted by molar-refractivity contribution is 0.586. The van der Waals surface area contributed by atoms with E-state index in [4.69, 9.17) is 0 Å². The Bertz CT molecular complexity index is 961. The van der Waals surface area contributed by atoms with E-state index in [9.17, 15) is 8.42 Å². The maximum Gasteiger partial charge on any atom is 0.208 e. The molecule has 0 aliphatic carbocycles. The molecule has 0 amide bonds. The maximum absolute atomic E-state index is 12.9. The zero-order valence-corrected chi connectivity index (χ0v) is 13.9. The van der Waals surface area contributed by atoms with Gasteiger partial charge in [-0.05, 0) is 18.2 Å². The van der Waals surface area contributed by atoms with Gasteiger partial charge in [-0.1, -0.05) is 18.2 Å². The van der Waals surface area contributed by atoms with Crippen molar-refractivity contribution in [2.75, 3.05) is 31.1 Å². The lowest BCUT2D eigenvalue weighted by atomic mass is 10.2. The van der Waals surface area contributed by atoms with Gasteiger partial charge in [0.2, 0.25) is 9.84 Å². The second kappa shape index (κ2) is 5.92. The predicted molar refractivity (Wildman–Crippen MR) is 93.1 cm³/mol. The SMILES string of the molecule is O=S(=O)(c1ccccc1)c1c[nH]c2c(N3CCNCC3)nccc12. The molecule has 0 radical (unpaired) electrons. The topological polar surface area (TPSA) is 78.1 Å². The molecule has 1 aliphatic rings. The Balaban J connectivity index is 1.84. The maximum atomic E-state index is 12.9. The summed E-state index contributed by atoms with van der Waals surface area (Å²) in [6.45, 7) is 3.50. The zero-order chi connectivity index (χ0) is 16.6. The van der Waals surface area contributed by atoms with Crippen LogP contribution in [0.4, 0.5) is 5.82 Å². The second-order valence-corrected chi connectivity index (χ2v) is 7.68. The average molecular weight is 342 g/mol. The van der Waals surface area contributed by atoms with E-state index >= 15 is 0 Å². The quantitative estimate of drug-likeness (QED) is 0.759. The number of nitrogens with zero attached hydrogens (tertiary/aromatic N) is 2. The number of rotatable bonds is 3. The highest BCUT2D eigenvalue weighted by atomic mass is 32.2. The summed E-state index contributed by atoms with van der Waals surface area (Å²) in [5.74, 6) is 0.809. The van der Waals surface area contributed by atoms with Crippen molar-refractivity contribution in [3.05, 3.63) is 48.8 Å². The first-order chi connectivity index (χ1) is 11.7. The van der Waals surface area contributed by atoms with Crippen molar-refractivity contribution in [2.24, 2.45) is 0 Å². The minimum Gasteiger partial charge on any atom is -0.357 e. The summed E-state index contributed by atoms with van der Waals surface area (Å²) >= 11 is 0. The summed E-state index contributed by atoms with van der Waals surface area (Å²) in [4.78, 5) is 10.4. The lowest BCUT2D eigenvalue weighted by Crippen LogP contribution is -2.44. The number of aromatic nitrogens is 2. The molecule has 7 heteroatoms. The van der Waals surface area contributed by atoms with Crippen molar-refractivity contribution in [2.45, 2.75) is 9.79 Å². The van der Waals surface area contributed by atoms with Crippen LogP contribution in [0.1, 0.15) is 0 Å². The van der Waals surface area contributed by atoms with Crippen molar-refractivity contribution in [1.29, 1.82) is 0 Å². The molecule has 1 fully saturated rings. The Kier molecular flexibility index (Phi) is 3.74. The molecular formula is C17H18N4O2S. The van der Waals surface area contributed by atoms with Gasteiger partial charge in [-0.3, -0.25) is 0 Å². The van der Waals surface area contributed by atoms with Gasteiger partial charge in [-0.15, -0.1) is 0 Å². The molecule has 24 heavy (non-hydrogen) atoms. The standard InChI is InChI=1S/C17H18N4O2S/c22-24(23,13-4-2-1-3-5-13)15-12-20-16-14(15)6-7-19-17(16)21-10-8-18-9-11-21/h1-7,12,18,20H,8-11H2. The van der Waals surface area contributed by atoms with Crippen LogP contribution in [0.5, 0.6) is 0 Å². The van der Waals surface area contributed by atoms with Gasteiger partial charge in [-0.25, -0.2) is 13.4 Å². The Morgan fingerprint density at radius 1 is 1.04 bits per heavy atom. The third kappa shape index (κ3) is 2.46. The third-order valence-corrected chi connectivity index (χ3v) is 6.11. The number of fused-ring (bicyclic) bond motifs is 1. The first-order valence-electron chi connectivity index (χ1n) is 7.90. The Morgan fingerprint density at radius 3 is 2.54 bits per heavy atom. The van der Waals surface area contributed by atoms with Crippen LogP contribution < -0.4 is 10.2 Å². The molecule has 2 N–H and O–H groups in total. The molecule has 2 aromatic heterocycles. The summed E-state index contributed by atoms with van der Waals surface area (Å²) in [6.07, 6.45) is 3.25. The normalized spacial score (nSPS) is 15.8. The van der Waals surface area contributed by atoms with Crippen molar-refractivity contribution in [3.63, 3.8) is 0 Å². The fourth-order valence-electron chi connectivity index (χ4n) is 3.08. The van der Waals surface area contributed by atoms with Gasteiger partial charge in [0.25, 0.3) is 0 Å². The number of hydrogen-bond donors (Lipinski definition) is 2. The van der Waals surface area contributed by atoms with Crippen LogP contribution in [0.3, 0.4) is 0 Å². The third-order valence-electron chi connectivity index (χ3n) is 4.30. The number of piperazine rings is 1.